The number of halogens is 5. The molecule has 0 saturated carbocycles. The lowest BCUT2D eigenvalue weighted by Gasteiger charge is -2.25. The number of carboxylic acids is 1. The van der Waals surface area contributed by atoms with Crippen molar-refractivity contribution in [3.63, 3.8) is 0 Å². The summed E-state index contributed by atoms with van der Waals surface area (Å²) in [6.45, 7) is 2.84. The number of aryl methyl sites for hydroxylation is 1. The Morgan fingerprint density at radius 2 is 1.82 bits per heavy atom. The molecule has 44 heavy (non-hydrogen) atoms. The first-order valence-corrected chi connectivity index (χ1v) is 13.5. The van der Waals surface area contributed by atoms with E-state index in [0.717, 1.165) is 6.92 Å². The molecule has 2 unspecified atom stereocenters. The van der Waals surface area contributed by atoms with Crippen LogP contribution in [0, 0.1) is 18.6 Å². The maximum atomic E-state index is 14.7. The molecule has 0 radical (unpaired) electrons. The average Bonchev–Trinajstić information content (AvgIpc) is 2.95. The molecule has 2 atom stereocenters. The van der Waals surface area contributed by atoms with Gasteiger partial charge in [0.2, 0.25) is 0 Å². The van der Waals surface area contributed by atoms with Crippen LogP contribution in [0.5, 0.6) is 11.5 Å². The van der Waals surface area contributed by atoms with Crippen molar-refractivity contribution in [1.82, 2.24) is 9.88 Å². The highest BCUT2D eigenvalue weighted by molar-refractivity contribution is 5.97. The number of amides is 1. The lowest BCUT2D eigenvalue weighted by molar-refractivity contribution is -0.139. The van der Waals surface area contributed by atoms with E-state index in [-0.39, 0.29) is 17.5 Å². The molecule has 1 aliphatic rings. The molecule has 2 aromatic carbocycles. The summed E-state index contributed by atoms with van der Waals surface area (Å²) in [5.41, 5.74) is 0.381. The molecule has 4 rings (SSSR count). The molecule has 14 heteroatoms. The number of rotatable bonds is 9. The van der Waals surface area contributed by atoms with Crippen molar-refractivity contribution in [2.45, 2.75) is 51.4 Å². The van der Waals surface area contributed by atoms with Crippen molar-refractivity contribution in [1.29, 1.82) is 0 Å². The first-order valence-electron chi connectivity index (χ1n) is 13.5. The first-order chi connectivity index (χ1) is 20.6. The highest BCUT2D eigenvalue weighted by Gasteiger charge is 2.36. The molecule has 3 aromatic rings. The van der Waals surface area contributed by atoms with Gasteiger partial charge in [0.1, 0.15) is 40.8 Å². The molecule has 1 aromatic heterocycles. The van der Waals surface area contributed by atoms with Crippen molar-refractivity contribution >= 4 is 17.6 Å². The Bertz CT molecular complexity index is 1650. The monoisotopic (exact) mass is 623 g/mol. The molecule has 0 aliphatic carbocycles. The summed E-state index contributed by atoms with van der Waals surface area (Å²) in [4.78, 5) is 38.2. The van der Waals surface area contributed by atoms with Crippen LogP contribution in [0.15, 0.2) is 35.1 Å². The lowest BCUT2D eigenvalue weighted by Crippen LogP contribution is -2.43. The van der Waals surface area contributed by atoms with E-state index in [4.69, 9.17) is 9.47 Å². The van der Waals surface area contributed by atoms with E-state index in [1.807, 2.05) is 5.32 Å². The quantitative estimate of drug-likeness (QED) is 0.294. The number of carbonyl (C=O) groups excluding carboxylic acids is 1. The number of anilines is 1. The van der Waals surface area contributed by atoms with Gasteiger partial charge >= 0.3 is 12.1 Å². The largest absolute Gasteiger partial charge is 0.496 e. The highest BCUT2D eigenvalue weighted by Crippen LogP contribution is 2.41. The SMILES string of the molecule is COc1cc(C)n(C)c(=O)c1-c1ccc(CC(NC(=O)c2c(F)cc(NC(C)C(F)(F)F)cc2F)C(=O)O)c2c1OCCC2. The molecule has 2 heterocycles. The summed E-state index contributed by atoms with van der Waals surface area (Å²) in [6, 6.07) is 2.14. The van der Waals surface area contributed by atoms with Crippen molar-refractivity contribution in [3.05, 3.63) is 74.7 Å². The maximum absolute atomic E-state index is 14.7. The topological polar surface area (TPSA) is 119 Å². The number of fused-ring (bicyclic) bond motifs is 1. The maximum Gasteiger partial charge on any atom is 0.408 e. The summed E-state index contributed by atoms with van der Waals surface area (Å²) in [5, 5.41) is 13.9. The van der Waals surface area contributed by atoms with E-state index < -0.39 is 53.0 Å². The van der Waals surface area contributed by atoms with Gasteiger partial charge in [0.05, 0.1) is 19.3 Å². The van der Waals surface area contributed by atoms with Gasteiger partial charge in [-0.15, -0.1) is 0 Å². The molecule has 0 fully saturated rings. The number of carboxylic acid groups (broad SMARTS) is 1. The molecular formula is C30H30F5N3O6. The van der Waals surface area contributed by atoms with Crippen LogP contribution in [0.1, 0.15) is 40.5 Å². The Labute approximate surface area is 248 Å². The predicted molar refractivity (Wildman–Crippen MR) is 150 cm³/mol. The third kappa shape index (κ3) is 6.48. The molecule has 236 valence electrons. The number of alkyl halides is 3. The second-order valence-electron chi connectivity index (χ2n) is 10.4. The number of hydrogen-bond donors (Lipinski definition) is 3. The number of pyridine rings is 1. The highest BCUT2D eigenvalue weighted by atomic mass is 19.4. The van der Waals surface area contributed by atoms with Crippen molar-refractivity contribution in [3.8, 4) is 22.6 Å². The van der Waals surface area contributed by atoms with Gasteiger partial charge in [-0.1, -0.05) is 12.1 Å². The van der Waals surface area contributed by atoms with Crippen LogP contribution in [0.2, 0.25) is 0 Å². The van der Waals surface area contributed by atoms with E-state index in [0.29, 0.717) is 65.5 Å². The number of carbonyl (C=O) groups is 2. The van der Waals surface area contributed by atoms with Gasteiger partial charge in [-0.25, -0.2) is 13.6 Å². The number of methoxy groups -OCH3 is 1. The van der Waals surface area contributed by atoms with Gasteiger partial charge in [0, 0.05) is 36.5 Å². The van der Waals surface area contributed by atoms with E-state index in [2.05, 4.69) is 5.32 Å². The van der Waals surface area contributed by atoms with E-state index in [9.17, 15) is 41.4 Å². The number of aliphatic carboxylic acids is 1. The van der Waals surface area contributed by atoms with Gasteiger partial charge in [0.25, 0.3) is 11.5 Å². The standard InChI is InChI=1S/C30H30F5N3O6/c1-14-10-23(43-4)24(28(40)38(14)3)19-8-7-16(18-6-5-9-44-26(18)19)11-22(29(41)42)37-27(39)25-20(31)12-17(13-21(25)32)36-15(2)30(33,34)35/h7-8,10,12-13,15,22,36H,5-6,9,11H2,1-4H3,(H,37,39)(H,41,42). The second-order valence-corrected chi connectivity index (χ2v) is 10.4. The molecule has 1 amide bonds. The molecule has 9 nitrogen and oxygen atoms in total. The Morgan fingerprint density at radius 1 is 1.16 bits per heavy atom. The van der Waals surface area contributed by atoms with Crippen LogP contribution in [0.3, 0.4) is 0 Å². The first kappa shape index (κ1) is 32.3. The third-order valence-corrected chi connectivity index (χ3v) is 7.47. The normalized spacial score (nSPS) is 14.2. The summed E-state index contributed by atoms with van der Waals surface area (Å²) >= 11 is 0. The van der Waals surface area contributed by atoms with Gasteiger partial charge in [-0.05, 0) is 49.9 Å². The van der Waals surface area contributed by atoms with Crippen LogP contribution in [0.25, 0.3) is 11.1 Å². The zero-order valence-corrected chi connectivity index (χ0v) is 24.2. The van der Waals surface area contributed by atoms with E-state index in [1.54, 1.807) is 32.2 Å². The summed E-state index contributed by atoms with van der Waals surface area (Å²) in [5.74, 6) is -5.18. The van der Waals surface area contributed by atoms with E-state index >= 15 is 0 Å². The molecule has 3 N–H and O–H groups in total. The fourth-order valence-corrected chi connectivity index (χ4v) is 4.98. The van der Waals surface area contributed by atoms with Crippen molar-refractivity contribution < 1.29 is 46.1 Å². The molecular weight excluding hydrogens is 593 g/mol. The number of ether oxygens (including phenoxy) is 2. The molecule has 0 bridgehead atoms. The van der Waals surface area contributed by atoms with Gasteiger partial charge in [-0.3, -0.25) is 9.59 Å². The zero-order chi connectivity index (χ0) is 32.5. The number of benzene rings is 2. The van der Waals surface area contributed by atoms with Crippen LogP contribution >= 0.6 is 0 Å². The number of nitrogens with zero attached hydrogens (tertiary/aromatic N) is 1. The van der Waals surface area contributed by atoms with E-state index in [1.165, 1.54) is 11.7 Å². The van der Waals surface area contributed by atoms with Crippen molar-refractivity contribution in [2.75, 3.05) is 19.0 Å². The minimum atomic E-state index is -4.69. The van der Waals surface area contributed by atoms with Crippen LogP contribution in [-0.2, 0) is 24.7 Å². The van der Waals surface area contributed by atoms with Crippen LogP contribution in [0.4, 0.5) is 27.6 Å². The van der Waals surface area contributed by atoms with Crippen LogP contribution < -0.4 is 25.7 Å². The van der Waals surface area contributed by atoms with Crippen LogP contribution in [-0.4, -0.2) is 53.5 Å². The number of hydrogen-bond acceptors (Lipinski definition) is 6. The third-order valence-electron chi connectivity index (χ3n) is 7.47. The fourth-order valence-electron chi connectivity index (χ4n) is 4.98. The Hall–Kier alpha value is -4.62. The zero-order valence-electron chi connectivity index (χ0n) is 24.2. The summed E-state index contributed by atoms with van der Waals surface area (Å²) in [7, 11) is 3.04. The Morgan fingerprint density at radius 3 is 2.41 bits per heavy atom. The minimum absolute atomic E-state index is 0.252. The minimum Gasteiger partial charge on any atom is -0.496 e. The fraction of sp³-hybridized carbons (Fsp3) is 0.367. The Kier molecular flexibility index (Phi) is 9.21. The smallest absolute Gasteiger partial charge is 0.408 e. The summed E-state index contributed by atoms with van der Waals surface area (Å²) in [6.07, 6.45) is -3.95. The van der Waals surface area contributed by atoms with Gasteiger partial charge in [-0.2, -0.15) is 13.2 Å². The molecule has 0 spiro atoms. The number of nitrogens with one attached hydrogen (secondary N) is 2. The number of aromatic nitrogens is 1. The summed E-state index contributed by atoms with van der Waals surface area (Å²) < 4.78 is 80.9. The van der Waals surface area contributed by atoms with Gasteiger partial charge < -0.3 is 29.8 Å². The Balaban J connectivity index is 1.65. The van der Waals surface area contributed by atoms with Crippen molar-refractivity contribution in [2.24, 2.45) is 7.05 Å². The predicted octanol–water partition coefficient (Wildman–Crippen LogP) is 4.76. The molecule has 1 aliphatic heterocycles. The average molecular weight is 624 g/mol. The lowest BCUT2D eigenvalue weighted by atomic mass is 9.90. The van der Waals surface area contributed by atoms with Gasteiger partial charge in [0.15, 0.2) is 0 Å². The second kappa shape index (κ2) is 12.5. The molecule has 0 saturated heterocycles.